The summed E-state index contributed by atoms with van der Waals surface area (Å²) in [6.45, 7) is 9.41. The van der Waals surface area contributed by atoms with Crippen LogP contribution in [0.15, 0.2) is 35.0 Å². The fourth-order valence-electron chi connectivity index (χ4n) is 3.20. The Hall–Kier alpha value is -1.83. The predicted octanol–water partition coefficient (Wildman–Crippen LogP) is 5.19. The van der Waals surface area contributed by atoms with Crippen LogP contribution >= 0.6 is 0 Å². The molecule has 2 heteroatoms. The summed E-state index contributed by atoms with van der Waals surface area (Å²) >= 11 is 0. The van der Waals surface area contributed by atoms with E-state index in [1.54, 1.807) is 6.20 Å². The van der Waals surface area contributed by atoms with E-state index in [4.69, 9.17) is 4.52 Å². The monoisotopic (exact) mass is 281 g/mol. The maximum Gasteiger partial charge on any atom is 0.159 e. The largest absolute Gasteiger partial charge is 0.357 e. The van der Waals surface area contributed by atoms with Crippen molar-refractivity contribution < 1.29 is 4.52 Å². The van der Waals surface area contributed by atoms with E-state index >= 15 is 0 Å². The first-order valence-corrected chi connectivity index (χ1v) is 7.62. The number of fused-ring (bicyclic) bond motifs is 1. The first-order valence-electron chi connectivity index (χ1n) is 7.62. The maximum atomic E-state index is 5.11. The van der Waals surface area contributed by atoms with Crippen molar-refractivity contribution in [1.82, 2.24) is 5.16 Å². The van der Waals surface area contributed by atoms with Crippen LogP contribution in [0.1, 0.15) is 63.0 Å². The molecule has 0 N–H and O–H groups in total. The molecule has 0 fully saturated rings. The van der Waals surface area contributed by atoms with E-state index in [2.05, 4.69) is 57.1 Å². The van der Waals surface area contributed by atoms with E-state index in [1.807, 2.05) is 12.1 Å². The summed E-state index contributed by atoms with van der Waals surface area (Å²) in [5, 5.41) is 3.72. The Morgan fingerprint density at radius 3 is 2.33 bits per heavy atom. The third-order valence-corrected chi connectivity index (χ3v) is 4.77. The van der Waals surface area contributed by atoms with Crippen LogP contribution in [0.25, 0.3) is 12.2 Å². The van der Waals surface area contributed by atoms with Crippen LogP contribution in [0, 0.1) is 0 Å². The number of benzene rings is 1. The average Bonchev–Trinajstić information content (AvgIpc) is 2.95. The Morgan fingerprint density at radius 2 is 1.67 bits per heavy atom. The number of hydrogen-bond acceptors (Lipinski definition) is 2. The molecule has 0 unspecified atom stereocenters. The second-order valence-electron chi connectivity index (χ2n) is 7.32. The number of rotatable bonds is 2. The van der Waals surface area contributed by atoms with E-state index in [1.165, 1.54) is 29.5 Å². The van der Waals surface area contributed by atoms with Crippen molar-refractivity contribution in [2.75, 3.05) is 0 Å². The Bertz CT molecular complexity index is 663. The van der Waals surface area contributed by atoms with E-state index in [0.717, 1.165) is 5.76 Å². The number of nitrogens with zero attached hydrogens (tertiary/aromatic N) is 1. The molecule has 1 aromatic carbocycles. The Labute approximate surface area is 126 Å². The smallest absolute Gasteiger partial charge is 0.159 e. The van der Waals surface area contributed by atoms with Crippen molar-refractivity contribution >= 4 is 12.2 Å². The van der Waals surface area contributed by atoms with Crippen molar-refractivity contribution in [3.05, 3.63) is 52.9 Å². The highest BCUT2D eigenvalue weighted by Crippen LogP contribution is 2.45. The van der Waals surface area contributed by atoms with Crippen LogP contribution in [0.2, 0.25) is 0 Å². The van der Waals surface area contributed by atoms with Crippen LogP contribution in [0.4, 0.5) is 0 Å². The second kappa shape index (κ2) is 4.87. The van der Waals surface area contributed by atoms with Gasteiger partial charge in [0.25, 0.3) is 0 Å². The summed E-state index contributed by atoms with van der Waals surface area (Å²) < 4.78 is 5.11. The van der Waals surface area contributed by atoms with Crippen molar-refractivity contribution in [2.24, 2.45) is 0 Å². The highest BCUT2D eigenvalue weighted by atomic mass is 16.5. The third kappa shape index (κ3) is 2.67. The molecule has 0 aliphatic heterocycles. The van der Waals surface area contributed by atoms with Crippen LogP contribution in [-0.4, -0.2) is 5.16 Å². The zero-order chi connectivity index (χ0) is 15.1. The molecular formula is C19H23NO. The molecule has 1 aliphatic carbocycles. The molecule has 21 heavy (non-hydrogen) atoms. The van der Waals surface area contributed by atoms with Gasteiger partial charge in [-0.25, -0.2) is 0 Å². The molecule has 0 saturated carbocycles. The minimum absolute atomic E-state index is 0.251. The molecule has 0 bridgehead atoms. The predicted molar refractivity (Wildman–Crippen MR) is 87.2 cm³/mol. The lowest BCUT2D eigenvalue weighted by molar-refractivity contribution is 0.332. The van der Waals surface area contributed by atoms with Gasteiger partial charge in [-0.05, 0) is 46.4 Å². The van der Waals surface area contributed by atoms with E-state index in [9.17, 15) is 0 Å². The molecule has 1 aromatic heterocycles. The summed E-state index contributed by atoms with van der Waals surface area (Å²) in [6.07, 6.45) is 8.22. The van der Waals surface area contributed by atoms with Crippen LogP contribution in [-0.2, 0) is 10.8 Å². The van der Waals surface area contributed by atoms with E-state index in [0.29, 0.717) is 0 Å². The van der Waals surface area contributed by atoms with Gasteiger partial charge in [-0.15, -0.1) is 0 Å². The van der Waals surface area contributed by atoms with Crippen LogP contribution < -0.4 is 0 Å². The minimum Gasteiger partial charge on any atom is -0.357 e. The van der Waals surface area contributed by atoms with Crippen molar-refractivity contribution in [2.45, 2.75) is 51.4 Å². The normalized spacial score (nSPS) is 19.6. The topological polar surface area (TPSA) is 26.0 Å². The van der Waals surface area contributed by atoms with Gasteiger partial charge in [0.1, 0.15) is 0 Å². The van der Waals surface area contributed by atoms with Gasteiger partial charge in [0.2, 0.25) is 0 Å². The molecule has 3 rings (SSSR count). The molecule has 0 atom stereocenters. The number of hydrogen-bond donors (Lipinski definition) is 0. The quantitative estimate of drug-likeness (QED) is 0.756. The standard InChI is InChI=1S/C19H23NO/c1-18(2)10-11-19(3,4)17-13-14(6-8-16(17)18)5-7-15-9-12-20-21-15/h5-9,12-13H,10-11H2,1-4H3. The number of aromatic nitrogens is 1. The molecule has 0 amide bonds. The third-order valence-electron chi connectivity index (χ3n) is 4.77. The summed E-state index contributed by atoms with van der Waals surface area (Å²) in [7, 11) is 0. The lowest BCUT2D eigenvalue weighted by Gasteiger charge is -2.42. The molecule has 2 nitrogen and oxygen atoms in total. The Kier molecular flexibility index (Phi) is 3.27. The Balaban J connectivity index is 2.00. The lowest BCUT2D eigenvalue weighted by atomic mass is 9.63. The van der Waals surface area contributed by atoms with Gasteiger partial charge in [0, 0.05) is 6.07 Å². The van der Waals surface area contributed by atoms with Gasteiger partial charge in [-0.3, -0.25) is 0 Å². The second-order valence-corrected chi connectivity index (χ2v) is 7.32. The molecule has 110 valence electrons. The SMILES string of the molecule is CC1(C)CCC(C)(C)c2cc(C=Cc3ccno3)ccc21. The summed E-state index contributed by atoms with van der Waals surface area (Å²) in [4.78, 5) is 0. The van der Waals surface area contributed by atoms with Gasteiger partial charge in [0.15, 0.2) is 5.76 Å². The van der Waals surface area contributed by atoms with Gasteiger partial charge in [0.05, 0.1) is 6.20 Å². The first kappa shape index (κ1) is 14.1. The summed E-state index contributed by atoms with van der Waals surface area (Å²) in [5.74, 6) is 0.785. The summed E-state index contributed by atoms with van der Waals surface area (Å²) in [6, 6.07) is 8.70. The van der Waals surface area contributed by atoms with Crippen molar-refractivity contribution in [1.29, 1.82) is 0 Å². The minimum atomic E-state index is 0.251. The zero-order valence-corrected chi connectivity index (χ0v) is 13.3. The first-order chi connectivity index (χ1) is 9.88. The summed E-state index contributed by atoms with van der Waals surface area (Å²) in [5.41, 5.74) is 4.73. The highest BCUT2D eigenvalue weighted by molar-refractivity contribution is 5.68. The van der Waals surface area contributed by atoms with Crippen LogP contribution in [0.3, 0.4) is 0 Å². The van der Waals surface area contributed by atoms with Crippen molar-refractivity contribution in [3.8, 4) is 0 Å². The molecule has 2 aromatic rings. The molecule has 1 heterocycles. The average molecular weight is 281 g/mol. The molecule has 0 spiro atoms. The zero-order valence-electron chi connectivity index (χ0n) is 13.3. The maximum absolute atomic E-state index is 5.11. The fourth-order valence-corrected chi connectivity index (χ4v) is 3.20. The van der Waals surface area contributed by atoms with Gasteiger partial charge >= 0.3 is 0 Å². The van der Waals surface area contributed by atoms with Crippen molar-refractivity contribution in [3.63, 3.8) is 0 Å². The van der Waals surface area contributed by atoms with Crippen LogP contribution in [0.5, 0.6) is 0 Å². The van der Waals surface area contributed by atoms with E-state index in [-0.39, 0.29) is 10.8 Å². The molecular weight excluding hydrogens is 258 g/mol. The fraction of sp³-hybridized carbons (Fsp3) is 0.421. The van der Waals surface area contributed by atoms with Gasteiger partial charge in [-0.2, -0.15) is 0 Å². The van der Waals surface area contributed by atoms with Gasteiger partial charge < -0.3 is 4.52 Å². The highest BCUT2D eigenvalue weighted by Gasteiger charge is 2.36. The lowest BCUT2D eigenvalue weighted by Crippen LogP contribution is -2.33. The molecule has 1 aliphatic rings. The van der Waals surface area contributed by atoms with E-state index < -0.39 is 0 Å². The van der Waals surface area contributed by atoms with Gasteiger partial charge in [-0.1, -0.05) is 57.1 Å². The molecule has 0 saturated heterocycles. The Morgan fingerprint density at radius 1 is 0.952 bits per heavy atom. The molecule has 0 radical (unpaired) electrons.